The fourth-order valence-corrected chi connectivity index (χ4v) is 7.16. The number of benzene rings is 3. The summed E-state index contributed by atoms with van der Waals surface area (Å²) in [5.74, 6) is -0.452. The maximum absolute atomic E-state index is 13.3. The van der Waals surface area contributed by atoms with Crippen molar-refractivity contribution >= 4 is 69.7 Å². The van der Waals surface area contributed by atoms with Gasteiger partial charge in [0, 0.05) is 16.3 Å². The molecule has 1 aliphatic rings. The van der Waals surface area contributed by atoms with Crippen molar-refractivity contribution in [3.8, 4) is 5.75 Å². The van der Waals surface area contributed by atoms with Crippen LogP contribution in [-0.2, 0) is 16.0 Å². The number of hydrogen-bond acceptors (Lipinski definition) is 5. The second kappa shape index (κ2) is 21.8. The Bertz CT molecular complexity index is 1660. The number of aryl methyl sites for hydroxylation is 1. The molecule has 3 aromatic carbocycles. The topological polar surface area (TPSA) is 100 Å². The summed E-state index contributed by atoms with van der Waals surface area (Å²) in [5.41, 5.74) is 2.08. The van der Waals surface area contributed by atoms with Crippen LogP contribution in [0.5, 0.6) is 5.75 Å². The van der Waals surface area contributed by atoms with E-state index < -0.39 is 17.9 Å². The Morgan fingerprint density at radius 2 is 1.40 bits per heavy atom. The molecule has 1 atom stereocenters. The van der Waals surface area contributed by atoms with Gasteiger partial charge in [-0.15, -0.1) is 0 Å². The van der Waals surface area contributed by atoms with Gasteiger partial charge in [0.1, 0.15) is 17.3 Å². The number of amidine groups is 1. The van der Waals surface area contributed by atoms with Crippen LogP contribution in [0, 0.1) is 0 Å². The summed E-state index contributed by atoms with van der Waals surface area (Å²) in [5, 5.41) is 11.4. The molecule has 1 aliphatic heterocycles. The lowest BCUT2D eigenvalue weighted by Crippen LogP contribution is -2.32. The lowest BCUT2D eigenvalue weighted by Gasteiger charge is -2.18. The summed E-state index contributed by atoms with van der Waals surface area (Å²) in [7, 11) is 0. The zero-order valence-electron chi connectivity index (χ0n) is 30.3. The summed E-state index contributed by atoms with van der Waals surface area (Å²) < 4.78 is 6.13. The molecule has 0 aromatic heterocycles. The molecule has 1 unspecified atom stereocenters. The van der Waals surface area contributed by atoms with Crippen LogP contribution in [0.25, 0.3) is 0 Å². The summed E-state index contributed by atoms with van der Waals surface area (Å²) in [6, 6.07) is 17.4. The first-order valence-corrected chi connectivity index (χ1v) is 19.8. The van der Waals surface area contributed by atoms with E-state index in [1.807, 2.05) is 25.1 Å². The molecule has 0 saturated heterocycles. The van der Waals surface area contributed by atoms with E-state index in [-0.39, 0.29) is 39.5 Å². The number of unbranched alkanes of at least 4 members (excludes halogenated alkanes) is 12. The molecule has 0 fully saturated rings. The van der Waals surface area contributed by atoms with Gasteiger partial charge in [0.2, 0.25) is 0 Å². The second-order valence-electron chi connectivity index (χ2n) is 13.3. The van der Waals surface area contributed by atoms with Gasteiger partial charge in [0.15, 0.2) is 6.10 Å². The molecular formula is C41H51Cl3N4O4. The van der Waals surface area contributed by atoms with Crippen LogP contribution in [0.15, 0.2) is 65.8 Å². The highest BCUT2D eigenvalue weighted by Crippen LogP contribution is 2.38. The third-order valence-corrected chi connectivity index (χ3v) is 9.82. The minimum absolute atomic E-state index is 0.127. The van der Waals surface area contributed by atoms with Crippen molar-refractivity contribution in [2.75, 3.05) is 10.3 Å². The van der Waals surface area contributed by atoms with Crippen molar-refractivity contribution in [2.45, 2.75) is 123 Å². The largest absolute Gasteiger partial charge is 0.481 e. The number of halogens is 3. The van der Waals surface area contributed by atoms with E-state index in [9.17, 15) is 14.4 Å². The summed E-state index contributed by atoms with van der Waals surface area (Å²) >= 11 is 18.5. The molecule has 3 aromatic rings. The number of carbonyl (C=O) groups is 3. The summed E-state index contributed by atoms with van der Waals surface area (Å²) in [4.78, 5) is 39.1. The van der Waals surface area contributed by atoms with Crippen molar-refractivity contribution in [1.82, 2.24) is 5.32 Å². The Morgan fingerprint density at radius 1 is 0.788 bits per heavy atom. The fourth-order valence-electron chi connectivity index (χ4n) is 6.18. The van der Waals surface area contributed by atoms with Crippen LogP contribution in [0.3, 0.4) is 0 Å². The number of amides is 3. The Morgan fingerprint density at radius 3 is 2.04 bits per heavy atom. The van der Waals surface area contributed by atoms with Crippen molar-refractivity contribution < 1.29 is 19.1 Å². The molecular weight excluding hydrogens is 719 g/mol. The SMILES string of the molecule is CCCCCCCCCCCCCCCc1cccc(OC(CC)C(=O)Nc2cccc(C(=O)NC3=NN(c4c(Cl)cc(Cl)cc4Cl)C(=O)C3)c2)c1. The van der Waals surface area contributed by atoms with E-state index in [0.29, 0.717) is 22.9 Å². The number of nitrogens with one attached hydrogen (secondary N) is 2. The van der Waals surface area contributed by atoms with Gasteiger partial charge >= 0.3 is 0 Å². The van der Waals surface area contributed by atoms with Crippen LogP contribution in [0.1, 0.15) is 126 Å². The number of carbonyl (C=O) groups excluding carboxylic acids is 3. The normalized spacial score (nSPS) is 13.2. The minimum Gasteiger partial charge on any atom is -0.481 e. The van der Waals surface area contributed by atoms with Gasteiger partial charge in [-0.25, -0.2) is 0 Å². The highest BCUT2D eigenvalue weighted by Gasteiger charge is 2.30. The van der Waals surface area contributed by atoms with Crippen LogP contribution < -0.4 is 20.4 Å². The van der Waals surface area contributed by atoms with Gasteiger partial charge in [-0.1, -0.05) is 144 Å². The maximum Gasteiger partial charge on any atom is 0.265 e. The van der Waals surface area contributed by atoms with E-state index in [4.69, 9.17) is 39.5 Å². The lowest BCUT2D eigenvalue weighted by molar-refractivity contribution is -0.122. The first-order valence-electron chi connectivity index (χ1n) is 18.7. The van der Waals surface area contributed by atoms with Gasteiger partial charge in [-0.2, -0.15) is 10.1 Å². The van der Waals surface area contributed by atoms with Crippen molar-refractivity contribution in [3.05, 3.63) is 86.9 Å². The molecule has 0 saturated carbocycles. The van der Waals surface area contributed by atoms with E-state index in [0.717, 1.165) is 17.9 Å². The molecule has 0 spiro atoms. The fraction of sp³-hybridized carbons (Fsp3) is 0.463. The number of hydrogen-bond donors (Lipinski definition) is 2. The molecule has 0 aliphatic carbocycles. The Hall–Kier alpha value is -3.59. The first-order chi connectivity index (χ1) is 25.2. The molecule has 11 heteroatoms. The minimum atomic E-state index is -0.722. The Balaban J connectivity index is 1.21. The quantitative estimate of drug-likeness (QED) is 0.105. The highest BCUT2D eigenvalue weighted by molar-refractivity contribution is 6.42. The second-order valence-corrected chi connectivity index (χ2v) is 14.6. The van der Waals surface area contributed by atoms with Crippen molar-refractivity contribution in [3.63, 3.8) is 0 Å². The number of ether oxygens (including phenoxy) is 1. The van der Waals surface area contributed by atoms with Crippen LogP contribution in [-0.4, -0.2) is 29.7 Å². The zero-order chi connectivity index (χ0) is 37.3. The summed E-state index contributed by atoms with van der Waals surface area (Å²) in [6.45, 7) is 4.16. The molecule has 0 radical (unpaired) electrons. The molecule has 280 valence electrons. The standard InChI is InChI=1S/C41H51Cl3N4O4/c1-3-5-6-7-8-9-10-11-12-13-14-15-16-19-29-20-17-23-33(24-29)52-36(4-2)41(51)45-32-22-18-21-30(25-32)40(50)46-37-28-38(49)48(47-37)39-34(43)26-31(42)27-35(39)44/h17-18,20-27,36H,3-16,19,28H2,1-2H3,(H,45,51)(H,46,47,50). The van der Waals surface area contributed by atoms with Crippen molar-refractivity contribution in [1.29, 1.82) is 0 Å². The number of rotatable bonds is 21. The van der Waals surface area contributed by atoms with Gasteiger partial charge in [-0.3, -0.25) is 14.4 Å². The van der Waals surface area contributed by atoms with E-state index in [2.05, 4.69) is 28.7 Å². The number of anilines is 2. The molecule has 8 nitrogen and oxygen atoms in total. The molecule has 3 amide bonds. The summed E-state index contributed by atoms with van der Waals surface area (Å²) in [6.07, 6.45) is 17.8. The predicted molar refractivity (Wildman–Crippen MR) is 214 cm³/mol. The Kier molecular flexibility index (Phi) is 17.3. The number of hydrazone groups is 1. The Labute approximate surface area is 323 Å². The van der Waals surface area contributed by atoms with Gasteiger partial charge in [0.25, 0.3) is 17.7 Å². The number of nitrogens with zero attached hydrogens (tertiary/aromatic N) is 2. The van der Waals surface area contributed by atoms with Crippen LogP contribution in [0.2, 0.25) is 15.1 Å². The van der Waals surface area contributed by atoms with Gasteiger partial charge in [-0.05, 0) is 67.3 Å². The van der Waals surface area contributed by atoms with E-state index in [1.165, 1.54) is 94.7 Å². The van der Waals surface area contributed by atoms with Crippen LogP contribution in [0.4, 0.5) is 11.4 Å². The van der Waals surface area contributed by atoms with Gasteiger partial charge in [0.05, 0.1) is 16.5 Å². The predicted octanol–water partition coefficient (Wildman–Crippen LogP) is 11.6. The first kappa shape index (κ1) is 41.2. The third kappa shape index (κ3) is 13.1. The molecule has 2 N–H and O–H groups in total. The lowest BCUT2D eigenvalue weighted by atomic mass is 10.0. The zero-order valence-corrected chi connectivity index (χ0v) is 32.6. The molecule has 52 heavy (non-hydrogen) atoms. The smallest absolute Gasteiger partial charge is 0.265 e. The monoisotopic (exact) mass is 768 g/mol. The average Bonchev–Trinajstić information content (AvgIpc) is 3.47. The molecule has 0 bridgehead atoms. The van der Waals surface area contributed by atoms with Crippen LogP contribution >= 0.6 is 34.8 Å². The van der Waals surface area contributed by atoms with Crippen molar-refractivity contribution in [2.24, 2.45) is 5.10 Å². The van der Waals surface area contributed by atoms with E-state index in [1.54, 1.807) is 24.3 Å². The maximum atomic E-state index is 13.3. The van der Waals surface area contributed by atoms with Gasteiger partial charge < -0.3 is 15.4 Å². The average molecular weight is 770 g/mol. The van der Waals surface area contributed by atoms with E-state index >= 15 is 0 Å². The highest BCUT2D eigenvalue weighted by atomic mass is 35.5. The molecule has 1 heterocycles. The molecule has 4 rings (SSSR count). The third-order valence-electron chi connectivity index (χ3n) is 9.03.